The lowest BCUT2D eigenvalue weighted by Gasteiger charge is -2.03. The Labute approximate surface area is 74.9 Å². The molecule has 1 N–H and O–H groups in total. The van der Waals surface area contributed by atoms with Crippen LogP contribution in [0.1, 0.15) is 23.2 Å². The van der Waals surface area contributed by atoms with E-state index in [1.807, 2.05) is 0 Å². The molecule has 0 amide bonds. The lowest BCUT2D eigenvalue weighted by molar-refractivity contribution is 0.0819. The fraction of sp³-hybridized carbons (Fsp3) is 0.300. The number of phenols is 1. The van der Waals surface area contributed by atoms with Gasteiger partial charge < -0.3 is 9.84 Å². The van der Waals surface area contributed by atoms with E-state index >= 15 is 0 Å². The molecule has 2 aliphatic rings. The number of hydrogen-bond donors (Lipinski definition) is 1. The van der Waals surface area contributed by atoms with Crippen LogP contribution in [-0.2, 0) is 0 Å². The molecule has 0 aromatic heterocycles. The van der Waals surface area contributed by atoms with Gasteiger partial charge in [0, 0.05) is 0 Å². The maximum Gasteiger partial charge on any atom is 0.213 e. The summed E-state index contributed by atoms with van der Waals surface area (Å²) in [6.07, 6.45) is 1.56. The predicted octanol–water partition coefficient (Wildman–Crippen LogP) is 1.50. The predicted molar refractivity (Wildman–Crippen MR) is 45.0 cm³/mol. The average molecular weight is 176 g/mol. The average Bonchev–Trinajstić information content (AvgIpc) is 2.79. The number of phenolic OH excluding ortho intramolecular Hbond substituents is 1. The largest absolute Gasteiger partial charge is 0.507 e. The number of carbonyl (C=O) groups excluding carboxylic acids is 1. The molecule has 1 aliphatic carbocycles. The van der Waals surface area contributed by atoms with E-state index in [9.17, 15) is 9.90 Å². The van der Waals surface area contributed by atoms with E-state index in [4.69, 9.17) is 4.74 Å². The second-order valence-corrected chi connectivity index (χ2v) is 3.58. The first-order valence-electron chi connectivity index (χ1n) is 4.29. The third kappa shape index (κ3) is 0.716. The van der Waals surface area contributed by atoms with Gasteiger partial charge in [0.1, 0.15) is 17.1 Å². The fourth-order valence-electron chi connectivity index (χ4n) is 1.76. The number of hydrogen-bond acceptors (Lipinski definition) is 3. The summed E-state index contributed by atoms with van der Waals surface area (Å²) in [5.74, 6) is 0.509. The molecule has 1 saturated carbocycles. The van der Waals surface area contributed by atoms with Gasteiger partial charge in [-0.3, -0.25) is 4.79 Å². The van der Waals surface area contributed by atoms with Gasteiger partial charge >= 0.3 is 0 Å². The van der Waals surface area contributed by atoms with Crippen LogP contribution in [0.5, 0.6) is 11.5 Å². The third-order valence-corrected chi connectivity index (χ3v) is 2.65. The minimum atomic E-state index is -0.596. The van der Waals surface area contributed by atoms with E-state index in [0.717, 1.165) is 12.8 Å². The van der Waals surface area contributed by atoms with Crippen LogP contribution in [0.3, 0.4) is 0 Å². The Morgan fingerprint density at radius 1 is 1.38 bits per heavy atom. The minimum Gasteiger partial charge on any atom is -0.507 e. The number of fused-ring (bicyclic) bond motifs is 1. The molecule has 1 heterocycles. The molecule has 13 heavy (non-hydrogen) atoms. The summed E-state index contributed by atoms with van der Waals surface area (Å²) in [4.78, 5) is 11.7. The Hall–Kier alpha value is -1.51. The van der Waals surface area contributed by atoms with Gasteiger partial charge in [0.25, 0.3) is 0 Å². The fourth-order valence-corrected chi connectivity index (χ4v) is 1.76. The number of ketones is 1. The zero-order chi connectivity index (χ0) is 9.05. The van der Waals surface area contributed by atoms with Gasteiger partial charge in [-0.15, -0.1) is 0 Å². The number of benzene rings is 1. The Balaban J connectivity index is 2.23. The number of aromatic hydroxyl groups is 1. The quantitative estimate of drug-likeness (QED) is 0.651. The van der Waals surface area contributed by atoms with E-state index in [2.05, 4.69) is 0 Å². The van der Waals surface area contributed by atoms with Gasteiger partial charge in [0.05, 0.1) is 0 Å². The first kappa shape index (κ1) is 6.95. The molecule has 0 bridgehead atoms. The lowest BCUT2D eigenvalue weighted by atomic mass is 10.1. The number of ether oxygens (including phenoxy) is 1. The normalized spacial score (nSPS) is 21.4. The van der Waals surface area contributed by atoms with Crippen LogP contribution in [0.4, 0.5) is 0 Å². The van der Waals surface area contributed by atoms with Gasteiger partial charge in [-0.05, 0) is 25.0 Å². The number of rotatable bonds is 0. The van der Waals surface area contributed by atoms with Crippen molar-refractivity contribution in [2.24, 2.45) is 0 Å². The van der Waals surface area contributed by atoms with Crippen LogP contribution in [0.2, 0.25) is 0 Å². The molecule has 3 nitrogen and oxygen atoms in total. The summed E-state index contributed by atoms with van der Waals surface area (Å²) in [5, 5.41) is 9.46. The highest BCUT2D eigenvalue weighted by atomic mass is 16.5. The molecule has 0 radical (unpaired) electrons. The maximum atomic E-state index is 11.7. The monoisotopic (exact) mass is 176 g/mol. The summed E-state index contributed by atoms with van der Waals surface area (Å²) in [6.45, 7) is 0. The zero-order valence-corrected chi connectivity index (χ0v) is 6.91. The second-order valence-electron chi connectivity index (χ2n) is 3.58. The first-order valence-corrected chi connectivity index (χ1v) is 4.29. The van der Waals surface area contributed by atoms with Crippen molar-refractivity contribution < 1.29 is 14.6 Å². The van der Waals surface area contributed by atoms with Crippen molar-refractivity contribution in [3.63, 3.8) is 0 Å². The van der Waals surface area contributed by atoms with Gasteiger partial charge in [0.2, 0.25) is 5.78 Å². The lowest BCUT2D eigenvalue weighted by Crippen LogP contribution is -2.21. The van der Waals surface area contributed by atoms with Crippen LogP contribution in [-0.4, -0.2) is 16.5 Å². The van der Waals surface area contributed by atoms with Crippen molar-refractivity contribution >= 4 is 5.78 Å². The van der Waals surface area contributed by atoms with Crippen LogP contribution in [0, 0.1) is 0 Å². The molecule has 0 saturated heterocycles. The molecule has 66 valence electrons. The zero-order valence-electron chi connectivity index (χ0n) is 6.91. The molecule has 0 atom stereocenters. The Kier molecular flexibility index (Phi) is 0.998. The van der Waals surface area contributed by atoms with Crippen molar-refractivity contribution in [1.29, 1.82) is 0 Å². The molecule has 1 aromatic rings. The molecule has 1 fully saturated rings. The summed E-state index contributed by atoms with van der Waals surface area (Å²) in [5.41, 5.74) is -0.235. The molecule has 1 aromatic carbocycles. The highest BCUT2D eigenvalue weighted by Crippen LogP contribution is 2.51. The highest BCUT2D eigenvalue weighted by Gasteiger charge is 2.58. The van der Waals surface area contributed by atoms with Crippen LogP contribution in [0.25, 0.3) is 0 Å². The topological polar surface area (TPSA) is 46.5 Å². The van der Waals surface area contributed by atoms with Crippen molar-refractivity contribution in [2.75, 3.05) is 0 Å². The first-order chi connectivity index (χ1) is 6.23. The van der Waals surface area contributed by atoms with Gasteiger partial charge in [-0.25, -0.2) is 0 Å². The second kappa shape index (κ2) is 1.87. The van der Waals surface area contributed by atoms with Gasteiger partial charge in [-0.1, -0.05) is 6.07 Å². The molecule has 1 spiro atoms. The van der Waals surface area contributed by atoms with E-state index in [-0.39, 0.29) is 11.5 Å². The maximum absolute atomic E-state index is 11.7. The molecular weight excluding hydrogens is 168 g/mol. The van der Waals surface area contributed by atoms with Crippen LogP contribution >= 0.6 is 0 Å². The highest BCUT2D eigenvalue weighted by molar-refractivity contribution is 6.11. The number of Topliss-reactive ketones (excluding diaryl/α,β-unsaturated/α-hetero) is 1. The van der Waals surface area contributed by atoms with Crippen LogP contribution < -0.4 is 4.74 Å². The molecule has 1 aliphatic heterocycles. The Morgan fingerprint density at radius 3 is 2.77 bits per heavy atom. The van der Waals surface area contributed by atoms with E-state index in [0.29, 0.717) is 11.3 Å². The Morgan fingerprint density at radius 2 is 2.15 bits per heavy atom. The van der Waals surface area contributed by atoms with Gasteiger partial charge in [0.15, 0.2) is 5.60 Å². The Bertz CT molecular complexity index is 405. The van der Waals surface area contributed by atoms with Crippen molar-refractivity contribution in [3.8, 4) is 11.5 Å². The van der Waals surface area contributed by atoms with E-state index in [1.165, 1.54) is 6.07 Å². The van der Waals surface area contributed by atoms with Crippen molar-refractivity contribution in [2.45, 2.75) is 18.4 Å². The smallest absolute Gasteiger partial charge is 0.213 e. The SMILES string of the molecule is O=C1c2c(O)cccc2OC12CC2. The molecular formula is C10H8O3. The van der Waals surface area contributed by atoms with E-state index in [1.54, 1.807) is 12.1 Å². The minimum absolute atomic E-state index is 0.0336. The molecule has 3 rings (SSSR count). The third-order valence-electron chi connectivity index (χ3n) is 2.65. The summed E-state index contributed by atoms with van der Waals surface area (Å²) in [6, 6.07) is 4.92. The van der Waals surface area contributed by atoms with Crippen LogP contribution in [0.15, 0.2) is 18.2 Å². The summed E-state index contributed by atoms with van der Waals surface area (Å²) < 4.78 is 5.49. The number of carbonyl (C=O) groups is 1. The van der Waals surface area contributed by atoms with Crippen molar-refractivity contribution in [1.82, 2.24) is 0 Å². The summed E-state index contributed by atoms with van der Waals surface area (Å²) in [7, 11) is 0. The summed E-state index contributed by atoms with van der Waals surface area (Å²) >= 11 is 0. The molecule has 0 unspecified atom stereocenters. The molecule has 3 heteroatoms. The van der Waals surface area contributed by atoms with E-state index < -0.39 is 5.60 Å². The van der Waals surface area contributed by atoms with Crippen molar-refractivity contribution in [3.05, 3.63) is 23.8 Å². The van der Waals surface area contributed by atoms with Gasteiger partial charge in [-0.2, -0.15) is 0 Å². The standard InChI is InChI=1S/C10H8O3/c11-6-2-1-3-7-8(6)9(12)10(13-7)4-5-10/h1-3,11H,4-5H2.